The molecule has 0 spiro atoms. The summed E-state index contributed by atoms with van der Waals surface area (Å²) in [6.07, 6.45) is 2.67. The molecule has 2 rings (SSSR count). The first kappa shape index (κ1) is 16.6. The second-order valence-corrected chi connectivity index (χ2v) is 5.08. The predicted molar refractivity (Wildman–Crippen MR) is 74.1 cm³/mol. The van der Waals surface area contributed by atoms with Crippen molar-refractivity contribution >= 4 is 42.1 Å². The Morgan fingerprint density at radius 1 is 1.65 bits per heavy atom. The lowest BCUT2D eigenvalue weighted by Crippen LogP contribution is -2.39. The number of thiazole rings is 1. The summed E-state index contributed by atoms with van der Waals surface area (Å²) in [6, 6.07) is 0. The van der Waals surface area contributed by atoms with Gasteiger partial charge in [-0.25, -0.2) is 4.98 Å². The van der Waals surface area contributed by atoms with E-state index in [9.17, 15) is 4.79 Å². The first-order chi connectivity index (χ1) is 7.21. The number of carbonyl (C=O) groups is 1. The van der Waals surface area contributed by atoms with E-state index in [1.165, 1.54) is 0 Å². The zero-order valence-electron chi connectivity index (χ0n) is 9.56. The largest absolute Gasteiger partial charge is 0.349 e. The number of hydrogen-bond donors (Lipinski definition) is 2. The van der Waals surface area contributed by atoms with Gasteiger partial charge in [-0.2, -0.15) is 0 Å². The fourth-order valence-corrected chi connectivity index (χ4v) is 2.28. The highest BCUT2D eigenvalue weighted by atomic mass is 35.5. The smallest absolute Gasteiger partial charge is 0.227 e. The van der Waals surface area contributed by atoms with E-state index in [0.29, 0.717) is 6.54 Å². The Hall–Kier alpha value is -0.360. The van der Waals surface area contributed by atoms with Crippen LogP contribution in [0, 0.1) is 5.41 Å². The van der Waals surface area contributed by atoms with Gasteiger partial charge in [0.1, 0.15) is 5.01 Å². The van der Waals surface area contributed by atoms with Crippen molar-refractivity contribution in [3.05, 3.63) is 16.6 Å². The van der Waals surface area contributed by atoms with Gasteiger partial charge in [0.25, 0.3) is 0 Å². The number of aromatic nitrogens is 1. The van der Waals surface area contributed by atoms with Gasteiger partial charge in [-0.3, -0.25) is 4.79 Å². The molecule has 98 valence electrons. The van der Waals surface area contributed by atoms with Crippen LogP contribution >= 0.6 is 36.2 Å². The lowest BCUT2D eigenvalue weighted by Gasteiger charge is -2.20. The Labute approximate surface area is 117 Å². The van der Waals surface area contributed by atoms with Gasteiger partial charge in [-0.05, 0) is 19.9 Å². The molecule has 1 aromatic heterocycles. The topological polar surface area (TPSA) is 54.0 Å². The van der Waals surface area contributed by atoms with Crippen molar-refractivity contribution < 1.29 is 4.79 Å². The summed E-state index contributed by atoms with van der Waals surface area (Å²) in [4.78, 5) is 16.0. The molecule has 1 fully saturated rings. The standard InChI is InChI=1S/C10H15N3OS.2ClH/c1-10(2-3-11-7-10)9(14)13-6-8-12-4-5-15-8;;/h4-5,11H,2-3,6-7H2,1H3,(H,13,14);2*1H. The van der Waals surface area contributed by atoms with Gasteiger partial charge in [0, 0.05) is 18.1 Å². The highest BCUT2D eigenvalue weighted by Crippen LogP contribution is 2.24. The molecule has 1 aliphatic heterocycles. The van der Waals surface area contributed by atoms with Gasteiger partial charge in [0.2, 0.25) is 5.91 Å². The van der Waals surface area contributed by atoms with Crippen molar-refractivity contribution in [2.24, 2.45) is 5.41 Å². The maximum atomic E-state index is 11.9. The molecular formula is C10H17Cl2N3OS. The van der Waals surface area contributed by atoms with Crippen LogP contribution in [0.4, 0.5) is 0 Å². The minimum Gasteiger partial charge on any atom is -0.349 e. The minimum atomic E-state index is -0.239. The first-order valence-electron chi connectivity index (χ1n) is 5.08. The van der Waals surface area contributed by atoms with Crippen molar-refractivity contribution in [1.29, 1.82) is 0 Å². The SMILES string of the molecule is CC1(C(=O)NCc2nccs2)CCNC1.Cl.Cl. The molecule has 0 bridgehead atoms. The number of halogens is 2. The summed E-state index contributed by atoms with van der Waals surface area (Å²) < 4.78 is 0. The third kappa shape index (κ3) is 4.10. The van der Waals surface area contributed by atoms with Crippen LogP contribution in [0.5, 0.6) is 0 Å². The average molecular weight is 298 g/mol. The van der Waals surface area contributed by atoms with E-state index in [2.05, 4.69) is 15.6 Å². The second kappa shape index (κ2) is 7.16. The van der Waals surface area contributed by atoms with Gasteiger partial charge < -0.3 is 10.6 Å². The lowest BCUT2D eigenvalue weighted by molar-refractivity contribution is -0.129. The van der Waals surface area contributed by atoms with E-state index < -0.39 is 0 Å². The van der Waals surface area contributed by atoms with Gasteiger partial charge >= 0.3 is 0 Å². The van der Waals surface area contributed by atoms with Crippen molar-refractivity contribution in [3.8, 4) is 0 Å². The van der Waals surface area contributed by atoms with Crippen molar-refractivity contribution in [2.45, 2.75) is 19.9 Å². The molecule has 2 N–H and O–H groups in total. The molecule has 1 amide bonds. The quantitative estimate of drug-likeness (QED) is 0.891. The molecule has 0 radical (unpaired) electrons. The molecule has 1 atom stereocenters. The van der Waals surface area contributed by atoms with Crippen LogP contribution in [0.3, 0.4) is 0 Å². The summed E-state index contributed by atoms with van der Waals surface area (Å²) in [7, 11) is 0. The zero-order valence-corrected chi connectivity index (χ0v) is 12.0. The van der Waals surface area contributed by atoms with Crippen molar-refractivity contribution in [3.63, 3.8) is 0 Å². The molecule has 0 aromatic carbocycles. The third-order valence-corrected chi connectivity index (χ3v) is 3.58. The van der Waals surface area contributed by atoms with Crippen LogP contribution in [0.25, 0.3) is 0 Å². The number of carbonyl (C=O) groups excluding carboxylic acids is 1. The summed E-state index contributed by atoms with van der Waals surface area (Å²) >= 11 is 1.56. The first-order valence-corrected chi connectivity index (χ1v) is 5.96. The van der Waals surface area contributed by atoms with Crippen molar-refractivity contribution in [1.82, 2.24) is 15.6 Å². The zero-order chi connectivity index (χ0) is 10.7. The highest BCUT2D eigenvalue weighted by Gasteiger charge is 2.35. The second-order valence-electron chi connectivity index (χ2n) is 4.10. The van der Waals surface area contributed by atoms with Gasteiger partial charge in [-0.15, -0.1) is 36.2 Å². The number of rotatable bonds is 3. The van der Waals surface area contributed by atoms with E-state index in [4.69, 9.17) is 0 Å². The third-order valence-electron chi connectivity index (χ3n) is 2.80. The Balaban J connectivity index is 0.00000128. The van der Waals surface area contributed by atoms with Crippen LogP contribution in [0.15, 0.2) is 11.6 Å². The monoisotopic (exact) mass is 297 g/mol. The molecule has 17 heavy (non-hydrogen) atoms. The Bertz CT molecular complexity index is 339. The molecule has 2 heterocycles. The van der Waals surface area contributed by atoms with E-state index in [-0.39, 0.29) is 36.1 Å². The molecule has 1 aliphatic rings. The van der Waals surface area contributed by atoms with Crippen LogP contribution in [-0.2, 0) is 11.3 Å². The van der Waals surface area contributed by atoms with E-state index >= 15 is 0 Å². The Kier molecular flexibility index (Phi) is 7.01. The molecule has 0 saturated carbocycles. The summed E-state index contributed by atoms with van der Waals surface area (Å²) in [5, 5.41) is 9.02. The Morgan fingerprint density at radius 2 is 2.41 bits per heavy atom. The maximum absolute atomic E-state index is 11.9. The van der Waals surface area contributed by atoms with Crippen LogP contribution in [0.2, 0.25) is 0 Å². The van der Waals surface area contributed by atoms with Gasteiger partial charge in [-0.1, -0.05) is 0 Å². The lowest BCUT2D eigenvalue weighted by atomic mass is 9.89. The molecule has 7 heteroatoms. The average Bonchev–Trinajstić information content (AvgIpc) is 2.85. The molecule has 1 saturated heterocycles. The van der Waals surface area contributed by atoms with Gasteiger partial charge in [0.05, 0.1) is 12.0 Å². The van der Waals surface area contributed by atoms with Gasteiger partial charge in [0.15, 0.2) is 0 Å². The molecular weight excluding hydrogens is 281 g/mol. The number of hydrogen-bond acceptors (Lipinski definition) is 4. The predicted octanol–water partition coefficient (Wildman–Crippen LogP) is 1.60. The molecule has 4 nitrogen and oxygen atoms in total. The van der Waals surface area contributed by atoms with E-state index in [1.54, 1.807) is 17.5 Å². The fraction of sp³-hybridized carbons (Fsp3) is 0.600. The number of nitrogens with one attached hydrogen (secondary N) is 2. The van der Waals surface area contributed by atoms with Crippen LogP contribution in [0.1, 0.15) is 18.4 Å². The fourth-order valence-electron chi connectivity index (χ4n) is 1.72. The van der Waals surface area contributed by atoms with Crippen LogP contribution < -0.4 is 10.6 Å². The minimum absolute atomic E-state index is 0. The normalized spacial score (nSPS) is 22.4. The molecule has 0 aliphatic carbocycles. The van der Waals surface area contributed by atoms with Crippen molar-refractivity contribution in [2.75, 3.05) is 13.1 Å². The number of nitrogens with zero attached hydrogens (tertiary/aromatic N) is 1. The number of amides is 1. The van der Waals surface area contributed by atoms with Crippen LogP contribution in [-0.4, -0.2) is 24.0 Å². The summed E-state index contributed by atoms with van der Waals surface area (Å²) in [5.74, 6) is 0.128. The highest BCUT2D eigenvalue weighted by molar-refractivity contribution is 7.09. The summed E-state index contributed by atoms with van der Waals surface area (Å²) in [5.41, 5.74) is -0.239. The van der Waals surface area contributed by atoms with E-state index in [1.807, 2.05) is 12.3 Å². The Morgan fingerprint density at radius 3 is 2.94 bits per heavy atom. The molecule has 1 aromatic rings. The summed E-state index contributed by atoms with van der Waals surface area (Å²) in [6.45, 7) is 4.26. The molecule has 1 unspecified atom stereocenters. The maximum Gasteiger partial charge on any atom is 0.227 e. The van der Waals surface area contributed by atoms with E-state index in [0.717, 1.165) is 24.5 Å².